The van der Waals surface area contributed by atoms with E-state index in [-0.39, 0.29) is 5.91 Å². The van der Waals surface area contributed by atoms with E-state index in [4.69, 9.17) is 19.4 Å². The van der Waals surface area contributed by atoms with Crippen LogP contribution in [0.5, 0.6) is 23.0 Å². The number of anilines is 1. The van der Waals surface area contributed by atoms with Crippen LogP contribution in [0.1, 0.15) is 48.0 Å². The van der Waals surface area contributed by atoms with Crippen molar-refractivity contribution in [3.8, 4) is 23.0 Å². The topological polar surface area (TPSA) is 160 Å². The van der Waals surface area contributed by atoms with E-state index in [0.29, 0.717) is 59.2 Å². The molecule has 5 N–H and O–H groups in total. The molecule has 12 heteroatoms. The molecule has 12 nitrogen and oxygen atoms in total. The Balaban J connectivity index is 1.31. The minimum absolute atomic E-state index is 0.292. The molecule has 4 amide bonds. The zero-order chi connectivity index (χ0) is 31.3. The van der Waals surface area contributed by atoms with Crippen molar-refractivity contribution in [2.45, 2.75) is 39.0 Å². The van der Waals surface area contributed by atoms with Gasteiger partial charge in [0.15, 0.2) is 11.5 Å². The van der Waals surface area contributed by atoms with E-state index in [1.54, 1.807) is 73.4 Å². The third kappa shape index (κ3) is 9.07. The van der Waals surface area contributed by atoms with Crippen LogP contribution in [0.3, 0.4) is 0 Å². The van der Waals surface area contributed by atoms with E-state index in [1.807, 2.05) is 19.1 Å². The zero-order valence-corrected chi connectivity index (χ0v) is 24.5. The number of hydroxylamine groups is 1. The molecule has 3 aromatic carbocycles. The number of ether oxygens (including phenoxy) is 3. The third-order valence-corrected chi connectivity index (χ3v) is 6.58. The van der Waals surface area contributed by atoms with Crippen molar-refractivity contribution in [1.82, 2.24) is 21.3 Å². The quantitative estimate of drug-likeness (QED) is 0.0747. The zero-order valence-electron chi connectivity index (χ0n) is 24.5. The molecule has 1 aromatic heterocycles. The maximum absolute atomic E-state index is 12.3. The Morgan fingerprint density at radius 3 is 2.41 bits per heavy atom. The number of nitrogens with zero attached hydrogens (tertiary/aromatic N) is 1. The molecule has 0 spiro atoms. The summed E-state index contributed by atoms with van der Waals surface area (Å²) in [5.41, 5.74) is 8.88. The van der Waals surface area contributed by atoms with Gasteiger partial charge in [-0.3, -0.25) is 25.2 Å². The average Bonchev–Trinajstić information content (AvgIpc) is 3.03. The van der Waals surface area contributed by atoms with E-state index in [1.165, 1.54) is 0 Å². The van der Waals surface area contributed by atoms with Crippen LogP contribution in [-0.4, -0.2) is 41.8 Å². The monoisotopic (exact) mass is 601 g/mol. The number of rotatable bonds is 13. The smallest absolute Gasteiger partial charge is 0.337 e. The molecular formula is C32H35N5O7. The average molecular weight is 602 g/mol. The molecule has 0 unspecified atom stereocenters. The predicted octanol–water partition coefficient (Wildman–Crippen LogP) is 5.65. The van der Waals surface area contributed by atoms with E-state index in [0.717, 1.165) is 30.2 Å². The number of carbonyl (C=O) groups is 3. The lowest BCUT2D eigenvalue weighted by molar-refractivity contribution is -0.129. The van der Waals surface area contributed by atoms with Crippen LogP contribution in [0.2, 0.25) is 0 Å². The lowest BCUT2D eigenvalue weighted by Gasteiger charge is -2.14. The summed E-state index contributed by atoms with van der Waals surface area (Å²) in [5.74, 6) is 1.39. The summed E-state index contributed by atoms with van der Waals surface area (Å²) in [6.07, 6.45) is 5.16. The number of hydrazine groups is 1. The maximum Gasteiger partial charge on any atom is 0.337 e. The van der Waals surface area contributed by atoms with E-state index in [2.05, 4.69) is 21.2 Å². The van der Waals surface area contributed by atoms with Crippen LogP contribution in [0.15, 0.2) is 72.9 Å². The van der Waals surface area contributed by atoms with Crippen molar-refractivity contribution >= 4 is 34.4 Å². The number of unbranched alkanes of at least 4 members (excludes halogenated alkanes) is 3. The molecule has 0 saturated heterocycles. The van der Waals surface area contributed by atoms with Crippen molar-refractivity contribution < 1.29 is 33.8 Å². The summed E-state index contributed by atoms with van der Waals surface area (Å²) in [6, 6.07) is 18.5. The number of methoxy groups -OCH3 is 1. The Morgan fingerprint density at radius 2 is 1.66 bits per heavy atom. The first-order chi connectivity index (χ1) is 21.4. The minimum atomic E-state index is -0.600. The highest BCUT2D eigenvalue weighted by molar-refractivity contribution is 5.97. The third-order valence-electron chi connectivity index (χ3n) is 6.58. The normalized spacial score (nSPS) is 10.5. The standard InChI is InChI=1S/C32H35N5O7/c1-21-8-7-9-22(18-21)31(39)35-36-32(40)34-23-11-13-24(14-12-23)44-27-15-16-33-26-20-29(28(42-2)19-25(26)27)43-17-6-4-3-5-10-30(38)37-41/h7-9,11-16,18-20,41H,3-6,10,17H2,1-2H3,(H,35,39)(H,37,38)(H2,34,36,40). The Hall–Kier alpha value is -5.36. The van der Waals surface area contributed by atoms with Crippen molar-refractivity contribution in [3.05, 3.63) is 84.1 Å². The molecule has 0 aliphatic carbocycles. The number of benzene rings is 3. The van der Waals surface area contributed by atoms with Gasteiger partial charge in [-0.05, 0) is 68.3 Å². The summed E-state index contributed by atoms with van der Waals surface area (Å²) < 4.78 is 17.6. The first-order valence-corrected chi connectivity index (χ1v) is 14.1. The number of fused-ring (bicyclic) bond motifs is 1. The molecule has 0 bridgehead atoms. The molecule has 1 heterocycles. The highest BCUT2D eigenvalue weighted by Crippen LogP contribution is 2.37. The van der Waals surface area contributed by atoms with Crippen molar-refractivity contribution in [2.75, 3.05) is 19.0 Å². The molecule has 230 valence electrons. The SMILES string of the molecule is COc1cc2c(Oc3ccc(NC(=O)NNC(=O)c4cccc(C)c4)cc3)ccnc2cc1OCCCCCCC(=O)NO. The molecule has 44 heavy (non-hydrogen) atoms. The first kappa shape index (κ1) is 31.6. The molecule has 0 aliphatic rings. The lowest BCUT2D eigenvalue weighted by Crippen LogP contribution is -2.43. The fraction of sp³-hybridized carbons (Fsp3) is 0.250. The van der Waals surface area contributed by atoms with Crippen LogP contribution < -0.4 is 35.9 Å². The summed E-state index contributed by atoms with van der Waals surface area (Å²) in [4.78, 5) is 40.0. The number of nitrogens with one attached hydrogen (secondary N) is 4. The second-order valence-electron chi connectivity index (χ2n) is 9.91. The van der Waals surface area contributed by atoms with Gasteiger partial charge in [-0.25, -0.2) is 15.7 Å². The number of amides is 4. The fourth-order valence-corrected chi connectivity index (χ4v) is 4.34. The van der Waals surface area contributed by atoms with Crippen LogP contribution in [0.4, 0.5) is 10.5 Å². The van der Waals surface area contributed by atoms with Crippen molar-refractivity contribution in [3.63, 3.8) is 0 Å². The largest absolute Gasteiger partial charge is 0.493 e. The number of pyridine rings is 1. The summed E-state index contributed by atoms with van der Waals surface area (Å²) in [6.45, 7) is 2.35. The molecule has 0 atom stereocenters. The molecule has 0 aliphatic heterocycles. The highest BCUT2D eigenvalue weighted by Gasteiger charge is 2.13. The van der Waals surface area contributed by atoms with E-state index >= 15 is 0 Å². The number of hydrogen-bond acceptors (Lipinski definition) is 8. The number of urea groups is 1. The minimum Gasteiger partial charge on any atom is -0.493 e. The maximum atomic E-state index is 12.3. The lowest BCUT2D eigenvalue weighted by atomic mass is 10.1. The fourth-order valence-electron chi connectivity index (χ4n) is 4.34. The van der Waals surface area contributed by atoms with E-state index < -0.39 is 11.9 Å². The van der Waals surface area contributed by atoms with Gasteiger partial charge in [-0.2, -0.15) is 0 Å². The van der Waals surface area contributed by atoms with Crippen molar-refractivity contribution in [2.24, 2.45) is 0 Å². The van der Waals surface area contributed by atoms with Gasteiger partial charge in [0, 0.05) is 35.3 Å². The predicted molar refractivity (Wildman–Crippen MR) is 164 cm³/mol. The van der Waals surface area contributed by atoms with Crippen LogP contribution in [-0.2, 0) is 4.79 Å². The van der Waals surface area contributed by atoms with Gasteiger partial charge >= 0.3 is 6.03 Å². The molecule has 4 rings (SSSR count). The number of aryl methyl sites for hydroxylation is 1. The van der Waals surface area contributed by atoms with Gasteiger partial charge < -0.3 is 19.5 Å². The Kier molecular flexibility index (Phi) is 11.3. The van der Waals surface area contributed by atoms with Crippen LogP contribution in [0.25, 0.3) is 10.9 Å². The summed E-state index contributed by atoms with van der Waals surface area (Å²) in [5, 5.41) is 11.9. The summed E-state index contributed by atoms with van der Waals surface area (Å²) in [7, 11) is 1.56. The van der Waals surface area contributed by atoms with Crippen LogP contribution >= 0.6 is 0 Å². The van der Waals surface area contributed by atoms with Gasteiger partial charge in [-0.1, -0.05) is 30.5 Å². The first-order valence-electron chi connectivity index (χ1n) is 14.1. The molecule has 4 aromatic rings. The molecule has 0 fully saturated rings. The van der Waals surface area contributed by atoms with Gasteiger partial charge in [0.2, 0.25) is 5.91 Å². The molecule has 0 saturated carbocycles. The molecular weight excluding hydrogens is 566 g/mol. The number of hydrogen-bond donors (Lipinski definition) is 5. The van der Waals surface area contributed by atoms with Gasteiger partial charge in [0.25, 0.3) is 5.91 Å². The Bertz CT molecular complexity index is 1590. The van der Waals surface area contributed by atoms with Crippen LogP contribution in [0, 0.1) is 6.92 Å². The number of carbonyl (C=O) groups excluding carboxylic acids is 3. The Labute approximate surface area is 254 Å². The summed E-state index contributed by atoms with van der Waals surface area (Å²) >= 11 is 0. The van der Waals surface area contributed by atoms with Gasteiger partial charge in [-0.15, -0.1) is 0 Å². The second kappa shape index (κ2) is 15.8. The second-order valence-corrected chi connectivity index (χ2v) is 9.91. The highest BCUT2D eigenvalue weighted by atomic mass is 16.5. The Morgan fingerprint density at radius 1 is 0.864 bits per heavy atom. The van der Waals surface area contributed by atoms with Crippen molar-refractivity contribution in [1.29, 1.82) is 0 Å². The molecule has 0 radical (unpaired) electrons. The van der Waals surface area contributed by atoms with Gasteiger partial charge in [0.05, 0.1) is 19.2 Å². The number of aromatic nitrogens is 1. The van der Waals surface area contributed by atoms with Gasteiger partial charge in [0.1, 0.15) is 11.5 Å². The van der Waals surface area contributed by atoms with E-state index in [9.17, 15) is 14.4 Å².